The molecule has 1 fully saturated rings. The summed E-state index contributed by atoms with van der Waals surface area (Å²) in [7, 11) is 1.60. The highest BCUT2D eigenvalue weighted by Gasteiger charge is 2.35. The zero-order valence-corrected chi connectivity index (χ0v) is 11.1. The van der Waals surface area contributed by atoms with Gasteiger partial charge in [-0.25, -0.2) is 4.79 Å². The van der Waals surface area contributed by atoms with Gasteiger partial charge in [0.2, 0.25) is 0 Å². The topological polar surface area (TPSA) is 84.6 Å². The van der Waals surface area contributed by atoms with Gasteiger partial charge in [0.25, 0.3) is 0 Å². The standard InChI is InChI=1S/C14H15N3O3/c1-16(11-4-2-10(8-15)3-5-11)14(20)17(9-13(18)19)12-6-7-12/h2-5,12H,6-7,9H2,1H3,(H,18,19). The highest BCUT2D eigenvalue weighted by atomic mass is 16.4. The van der Waals surface area contributed by atoms with Crippen LogP contribution in [0.15, 0.2) is 24.3 Å². The van der Waals surface area contributed by atoms with Gasteiger partial charge in [-0.1, -0.05) is 0 Å². The minimum Gasteiger partial charge on any atom is -0.480 e. The molecule has 0 bridgehead atoms. The number of carbonyl (C=O) groups excluding carboxylic acids is 1. The first-order chi connectivity index (χ1) is 9.52. The third-order valence-electron chi connectivity index (χ3n) is 3.21. The van der Waals surface area contributed by atoms with Gasteiger partial charge in [-0.3, -0.25) is 9.69 Å². The largest absolute Gasteiger partial charge is 0.480 e. The highest BCUT2D eigenvalue weighted by Crippen LogP contribution is 2.28. The summed E-state index contributed by atoms with van der Waals surface area (Å²) in [6, 6.07) is 8.28. The molecule has 2 rings (SSSR count). The number of benzene rings is 1. The van der Waals surface area contributed by atoms with E-state index in [1.54, 1.807) is 31.3 Å². The Labute approximate surface area is 116 Å². The monoisotopic (exact) mass is 273 g/mol. The van der Waals surface area contributed by atoms with Crippen molar-refractivity contribution in [1.29, 1.82) is 5.26 Å². The first-order valence-corrected chi connectivity index (χ1v) is 6.29. The summed E-state index contributed by atoms with van der Waals surface area (Å²) in [5, 5.41) is 17.6. The molecule has 0 spiro atoms. The molecule has 0 atom stereocenters. The molecule has 6 nitrogen and oxygen atoms in total. The number of rotatable bonds is 4. The summed E-state index contributed by atoms with van der Waals surface area (Å²) in [5.41, 5.74) is 1.14. The van der Waals surface area contributed by atoms with Gasteiger partial charge in [0, 0.05) is 18.8 Å². The molecule has 1 aliphatic rings. The lowest BCUT2D eigenvalue weighted by molar-refractivity contribution is -0.137. The van der Waals surface area contributed by atoms with E-state index in [4.69, 9.17) is 10.4 Å². The van der Waals surface area contributed by atoms with Crippen LogP contribution < -0.4 is 4.90 Å². The zero-order valence-electron chi connectivity index (χ0n) is 11.1. The molecule has 0 aliphatic heterocycles. The summed E-state index contributed by atoms with van der Waals surface area (Å²) < 4.78 is 0. The van der Waals surface area contributed by atoms with Crippen LogP contribution in [0.4, 0.5) is 10.5 Å². The Hall–Kier alpha value is -2.55. The van der Waals surface area contributed by atoms with Crippen molar-refractivity contribution in [3.05, 3.63) is 29.8 Å². The Kier molecular flexibility index (Phi) is 3.89. The van der Waals surface area contributed by atoms with Crippen molar-refractivity contribution in [3.8, 4) is 6.07 Å². The molecular weight excluding hydrogens is 258 g/mol. The van der Waals surface area contributed by atoms with Crippen LogP contribution in [0, 0.1) is 11.3 Å². The Balaban J connectivity index is 2.13. The second-order valence-corrected chi connectivity index (χ2v) is 4.75. The van der Waals surface area contributed by atoms with Gasteiger partial charge in [-0.05, 0) is 37.1 Å². The fourth-order valence-electron chi connectivity index (χ4n) is 1.95. The number of carbonyl (C=O) groups is 2. The fourth-order valence-corrected chi connectivity index (χ4v) is 1.95. The number of hydrogen-bond acceptors (Lipinski definition) is 3. The van der Waals surface area contributed by atoms with Crippen LogP contribution in [0.1, 0.15) is 18.4 Å². The van der Waals surface area contributed by atoms with E-state index in [-0.39, 0.29) is 18.6 Å². The number of urea groups is 1. The molecule has 1 saturated carbocycles. The quantitative estimate of drug-likeness (QED) is 0.904. The highest BCUT2D eigenvalue weighted by molar-refractivity contribution is 5.93. The predicted molar refractivity (Wildman–Crippen MR) is 72.3 cm³/mol. The van der Waals surface area contributed by atoms with E-state index in [1.807, 2.05) is 6.07 Å². The number of nitrogens with zero attached hydrogens (tertiary/aromatic N) is 3. The number of nitriles is 1. The number of carboxylic acid groups (broad SMARTS) is 1. The molecule has 1 aliphatic carbocycles. The molecule has 0 unspecified atom stereocenters. The lowest BCUT2D eigenvalue weighted by Gasteiger charge is -2.27. The van der Waals surface area contributed by atoms with Gasteiger partial charge in [-0.2, -0.15) is 5.26 Å². The summed E-state index contributed by atoms with van der Waals surface area (Å²) in [6.45, 7) is -0.288. The first kappa shape index (κ1) is 13.9. The van der Waals surface area contributed by atoms with Gasteiger partial charge in [0.1, 0.15) is 6.54 Å². The van der Waals surface area contributed by atoms with E-state index in [9.17, 15) is 9.59 Å². The van der Waals surface area contributed by atoms with E-state index in [2.05, 4.69) is 0 Å². The lowest BCUT2D eigenvalue weighted by atomic mass is 10.2. The molecular formula is C14H15N3O3. The Morgan fingerprint density at radius 1 is 1.35 bits per heavy atom. The zero-order chi connectivity index (χ0) is 14.7. The summed E-state index contributed by atoms with van der Waals surface area (Å²) in [5.74, 6) is -1.02. The van der Waals surface area contributed by atoms with Gasteiger partial charge in [-0.15, -0.1) is 0 Å². The number of amides is 2. The molecule has 0 heterocycles. The van der Waals surface area contributed by atoms with Crippen LogP contribution >= 0.6 is 0 Å². The number of aliphatic carboxylic acids is 1. The maximum atomic E-state index is 12.3. The summed E-state index contributed by atoms with van der Waals surface area (Å²) in [4.78, 5) is 26.0. The number of carboxylic acids is 1. The Morgan fingerprint density at radius 3 is 2.40 bits per heavy atom. The third-order valence-corrected chi connectivity index (χ3v) is 3.21. The van der Waals surface area contributed by atoms with Crippen molar-refractivity contribution < 1.29 is 14.7 Å². The van der Waals surface area contributed by atoms with Crippen molar-refractivity contribution in [1.82, 2.24) is 4.90 Å². The van der Waals surface area contributed by atoms with Crippen LogP contribution in [-0.4, -0.2) is 41.6 Å². The van der Waals surface area contributed by atoms with E-state index in [0.29, 0.717) is 11.3 Å². The van der Waals surface area contributed by atoms with Crippen LogP contribution in [0.3, 0.4) is 0 Å². The predicted octanol–water partition coefficient (Wildman–Crippen LogP) is 1.66. The fraction of sp³-hybridized carbons (Fsp3) is 0.357. The van der Waals surface area contributed by atoms with Crippen molar-refractivity contribution in [2.75, 3.05) is 18.5 Å². The number of anilines is 1. The first-order valence-electron chi connectivity index (χ1n) is 6.29. The van der Waals surface area contributed by atoms with Crippen molar-refractivity contribution >= 4 is 17.7 Å². The van der Waals surface area contributed by atoms with Gasteiger partial charge >= 0.3 is 12.0 Å². The average molecular weight is 273 g/mol. The van der Waals surface area contributed by atoms with Gasteiger partial charge in [0.05, 0.1) is 11.6 Å². The maximum absolute atomic E-state index is 12.3. The van der Waals surface area contributed by atoms with E-state index in [0.717, 1.165) is 12.8 Å². The third kappa shape index (κ3) is 3.06. The molecule has 0 aromatic heterocycles. The van der Waals surface area contributed by atoms with E-state index >= 15 is 0 Å². The van der Waals surface area contributed by atoms with Crippen LogP contribution in [0.2, 0.25) is 0 Å². The van der Waals surface area contributed by atoms with Crippen LogP contribution in [-0.2, 0) is 4.79 Å². The maximum Gasteiger partial charge on any atom is 0.324 e. The summed E-state index contributed by atoms with van der Waals surface area (Å²) >= 11 is 0. The van der Waals surface area contributed by atoms with Crippen LogP contribution in [0.5, 0.6) is 0 Å². The van der Waals surface area contributed by atoms with Gasteiger partial charge < -0.3 is 10.0 Å². The molecule has 1 aromatic rings. The smallest absolute Gasteiger partial charge is 0.324 e. The molecule has 1 aromatic carbocycles. The second kappa shape index (κ2) is 5.61. The van der Waals surface area contributed by atoms with E-state index < -0.39 is 5.97 Å². The Bertz CT molecular complexity index is 558. The van der Waals surface area contributed by atoms with Crippen molar-refractivity contribution in [3.63, 3.8) is 0 Å². The van der Waals surface area contributed by atoms with Crippen molar-refractivity contribution in [2.45, 2.75) is 18.9 Å². The molecule has 6 heteroatoms. The Morgan fingerprint density at radius 2 is 1.95 bits per heavy atom. The van der Waals surface area contributed by atoms with E-state index in [1.165, 1.54) is 9.80 Å². The SMILES string of the molecule is CN(C(=O)N(CC(=O)O)C1CC1)c1ccc(C#N)cc1. The molecule has 0 saturated heterocycles. The minimum atomic E-state index is -1.02. The minimum absolute atomic E-state index is 0.0273. The molecule has 0 radical (unpaired) electrons. The lowest BCUT2D eigenvalue weighted by Crippen LogP contribution is -2.45. The van der Waals surface area contributed by atoms with Crippen molar-refractivity contribution in [2.24, 2.45) is 0 Å². The van der Waals surface area contributed by atoms with Crippen LogP contribution in [0.25, 0.3) is 0 Å². The van der Waals surface area contributed by atoms with Gasteiger partial charge in [0.15, 0.2) is 0 Å². The number of hydrogen-bond donors (Lipinski definition) is 1. The molecule has 2 amide bonds. The normalized spacial score (nSPS) is 13.4. The molecule has 1 N–H and O–H groups in total. The molecule has 104 valence electrons. The average Bonchev–Trinajstić information content (AvgIpc) is 3.27. The molecule has 20 heavy (non-hydrogen) atoms. The summed E-state index contributed by atoms with van der Waals surface area (Å²) in [6.07, 6.45) is 1.69. The second-order valence-electron chi connectivity index (χ2n) is 4.75.